The third-order valence-electron chi connectivity index (χ3n) is 3.80. The van der Waals surface area contributed by atoms with Gasteiger partial charge in [0, 0.05) is 5.69 Å². The van der Waals surface area contributed by atoms with Crippen molar-refractivity contribution in [3.8, 4) is 11.5 Å². The molecule has 1 atom stereocenters. The normalized spacial score (nSPS) is 11.3. The molecule has 1 N–H and O–H groups in total. The number of rotatable bonds is 8. The van der Waals surface area contributed by atoms with E-state index in [-0.39, 0.29) is 12.3 Å². The lowest BCUT2D eigenvalue weighted by Crippen LogP contribution is -2.32. The summed E-state index contributed by atoms with van der Waals surface area (Å²) >= 11 is 0. The van der Waals surface area contributed by atoms with E-state index in [0.29, 0.717) is 23.6 Å². The fraction of sp³-hybridized carbons (Fsp3) is 0.300. The number of hydrogen-bond acceptors (Lipinski definition) is 5. The highest BCUT2D eigenvalue weighted by Gasteiger charge is 2.21. The average Bonchev–Trinajstić information content (AvgIpc) is 2.67. The minimum absolute atomic E-state index is 0.0936. The summed E-state index contributed by atoms with van der Waals surface area (Å²) in [6.45, 7) is 1.79. The molecule has 2 aromatic carbocycles. The van der Waals surface area contributed by atoms with Crippen LogP contribution in [0.2, 0.25) is 0 Å². The van der Waals surface area contributed by atoms with Crippen molar-refractivity contribution < 1.29 is 23.8 Å². The number of carbonyl (C=O) groups is 2. The molecule has 0 saturated carbocycles. The second kappa shape index (κ2) is 9.46. The molecule has 0 unspecified atom stereocenters. The maximum atomic E-state index is 12.3. The Kier molecular flexibility index (Phi) is 7.02. The van der Waals surface area contributed by atoms with E-state index in [1.807, 2.05) is 0 Å². The first-order valence-electron chi connectivity index (χ1n) is 8.33. The number of carbonyl (C=O) groups excluding carboxylic acids is 2. The zero-order chi connectivity index (χ0) is 18.9. The maximum absolute atomic E-state index is 12.3. The van der Waals surface area contributed by atoms with Crippen LogP contribution in [0.5, 0.6) is 11.5 Å². The van der Waals surface area contributed by atoms with Crippen LogP contribution in [0.3, 0.4) is 0 Å². The molecule has 0 heterocycles. The minimum Gasteiger partial charge on any atom is -0.497 e. The van der Waals surface area contributed by atoms with E-state index in [1.165, 1.54) is 0 Å². The van der Waals surface area contributed by atoms with Gasteiger partial charge in [0.05, 0.1) is 20.6 Å². The largest absolute Gasteiger partial charge is 0.497 e. The SMILES string of the molecule is CC[C@@H](OC(=O)Cc1ccc(OC)cc1)C(=O)Nc1ccc(OC)cc1. The molecule has 26 heavy (non-hydrogen) atoms. The molecule has 0 radical (unpaired) electrons. The van der Waals surface area contributed by atoms with Gasteiger partial charge in [0.2, 0.25) is 0 Å². The molecule has 2 rings (SSSR count). The Balaban J connectivity index is 1.91. The molecule has 138 valence electrons. The number of methoxy groups -OCH3 is 2. The van der Waals surface area contributed by atoms with Crippen LogP contribution in [0.15, 0.2) is 48.5 Å². The molecule has 0 fully saturated rings. The molecule has 0 aliphatic carbocycles. The highest BCUT2D eigenvalue weighted by atomic mass is 16.5. The second-order valence-corrected chi connectivity index (χ2v) is 5.63. The Bertz CT molecular complexity index is 725. The van der Waals surface area contributed by atoms with Crippen molar-refractivity contribution in [3.05, 3.63) is 54.1 Å². The highest BCUT2D eigenvalue weighted by Crippen LogP contribution is 2.16. The summed E-state index contributed by atoms with van der Waals surface area (Å²) in [7, 11) is 3.15. The first-order valence-corrected chi connectivity index (χ1v) is 8.33. The zero-order valence-corrected chi connectivity index (χ0v) is 15.2. The molecule has 0 aliphatic heterocycles. The van der Waals surface area contributed by atoms with E-state index >= 15 is 0 Å². The van der Waals surface area contributed by atoms with Gasteiger partial charge in [-0.05, 0) is 48.4 Å². The molecule has 0 aliphatic rings. The molecule has 0 aromatic heterocycles. The van der Waals surface area contributed by atoms with E-state index in [2.05, 4.69) is 5.32 Å². The van der Waals surface area contributed by atoms with Crippen molar-refractivity contribution >= 4 is 17.6 Å². The van der Waals surface area contributed by atoms with Gasteiger partial charge in [-0.2, -0.15) is 0 Å². The smallest absolute Gasteiger partial charge is 0.311 e. The quantitative estimate of drug-likeness (QED) is 0.735. The highest BCUT2D eigenvalue weighted by molar-refractivity contribution is 5.95. The second-order valence-electron chi connectivity index (χ2n) is 5.63. The topological polar surface area (TPSA) is 73.9 Å². The van der Waals surface area contributed by atoms with Crippen LogP contribution in [-0.2, 0) is 20.7 Å². The number of amides is 1. The van der Waals surface area contributed by atoms with Gasteiger partial charge in [0.1, 0.15) is 11.5 Å². The van der Waals surface area contributed by atoms with E-state index in [0.717, 1.165) is 5.56 Å². The van der Waals surface area contributed by atoms with Crippen LogP contribution in [-0.4, -0.2) is 32.2 Å². The number of benzene rings is 2. The molecule has 1 amide bonds. The Morgan fingerprint density at radius 3 is 1.96 bits per heavy atom. The Morgan fingerprint density at radius 1 is 0.923 bits per heavy atom. The Morgan fingerprint density at radius 2 is 1.46 bits per heavy atom. The first kappa shape index (κ1) is 19.3. The van der Waals surface area contributed by atoms with Gasteiger partial charge in [-0.1, -0.05) is 19.1 Å². The lowest BCUT2D eigenvalue weighted by molar-refractivity contribution is -0.153. The Hall–Kier alpha value is -3.02. The summed E-state index contributed by atoms with van der Waals surface area (Å²) in [5.41, 5.74) is 1.40. The number of anilines is 1. The van der Waals surface area contributed by atoms with Crippen LogP contribution in [0.25, 0.3) is 0 Å². The molecular weight excluding hydrogens is 334 g/mol. The summed E-state index contributed by atoms with van der Waals surface area (Å²) < 4.78 is 15.5. The van der Waals surface area contributed by atoms with Crippen LogP contribution in [0.1, 0.15) is 18.9 Å². The molecule has 0 bridgehead atoms. The van der Waals surface area contributed by atoms with Crippen LogP contribution >= 0.6 is 0 Å². The number of esters is 1. The van der Waals surface area contributed by atoms with Gasteiger partial charge >= 0.3 is 5.97 Å². The van der Waals surface area contributed by atoms with E-state index < -0.39 is 12.1 Å². The number of hydrogen-bond donors (Lipinski definition) is 1. The maximum Gasteiger partial charge on any atom is 0.311 e. The first-order chi connectivity index (χ1) is 12.5. The van der Waals surface area contributed by atoms with Crippen molar-refractivity contribution in [1.82, 2.24) is 0 Å². The summed E-state index contributed by atoms with van der Waals surface area (Å²) in [5, 5.41) is 2.74. The average molecular weight is 357 g/mol. The van der Waals surface area contributed by atoms with Gasteiger partial charge in [0.25, 0.3) is 5.91 Å². The lowest BCUT2D eigenvalue weighted by atomic mass is 10.1. The molecule has 6 nitrogen and oxygen atoms in total. The predicted molar refractivity (Wildman–Crippen MR) is 98.5 cm³/mol. The van der Waals surface area contributed by atoms with Crippen LogP contribution in [0, 0.1) is 0 Å². The summed E-state index contributed by atoms with van der Waals surface area (Å²) in [6.07, 6.45) is -0.366. The lowest BCUT2D eigenvalue weighted by Gasteiger charge is -2.16. The summed E-state index contributed by atoms with van der Waals surface area (Å²) in [6, 6.07) is 14.1. The van der Waals surface area contributed by atoms with Crippen molar-refractivity contribution in [3.63, 3.8) is 0 Å². The van der Waals surface area contributed by atoms with Crippen molar-refractivity contribution in [2.45, 2.75) is 25.9 Å². The summed E-state index contributed by atoms with van der Waals surface area (Å²) in [4.78, 5) is 24.5. The molecule has 2 aromatic rings. The molecule has 0 saturated heterocycles. The fourth-order valence-corrected chi connectivity index (χ4v) is 2.33. The third kappa shape index (κ3) is 5.51. The third-order valence-corrected chi connectivity index (χ3v) is 3.80. The van der Waals surface area contributed by atoms with Crippen molar-refractivity contribution in [2.75, 3.05) is 19.5 Å². The zero-order valence-electron chi connectivity index (χ0n) is 15.2. The van der Waals surface area contributed by atoms with Gasteiger partial charge in [-0.3, -0.25) is 9.59 Å². The van der Waals surface area contributed by atoms with Crippen molar-refractivity contribution in [1.29, 1.82) is 0 Å². The van der Waals surface area contributed by atoms with Gasteiger partial charge in [-0.15, -0.1) is 0 Å². The monoisotopic (exact) mass is 357 g/mol. The number of ether oxygens (including phenoxy) is 3. The molecular formula is C20H23NO5. The Labute approximate surface area is 153 Å². The van der Waals surface area contributed by atoms with Crippen molar-refractivity contribution in [2.24, 2.45) is 0 Å². The van der Waals surface area contributed by atoms with Gasteiger partial charge in [-0.25, -0.2) is 0 Å². The van der Waals surface area contributed by atoms with E-state index in [9.17, 15) is 9.59 Å². The predicted octanol–water partition coefficient (Wildman–Crippen LogP) is 3.21. The van der Waals surface area contributed by atoms with E-state index in [1.54, 1.807) is 69.7 Å². The van der Waals surface area contributed by atoms with Gasteiger partial charge in [0.15, 0.2) is 6.10 Å². The van der Waals surface area contributed by atoms with E-state index in [4.69, 9.17) is 14.2 Å². The number of nitrogens with one attached hydrogen (secondary N) is 1. The minimum atomic E-state index is -0.845. The van der Waals surface area contributed by atoms with Gasteiger partial charge < -0.3 is 19.5 Å². The fourth-order valence-electron chi connectivity index (χ4n) is 2.33. The standard InChI is InChI=1S/C20H23NO5/c1-4-18(20(23)21-15-7-11-17(25-3)12-8-15)26-19(22)13-14-5-9-16(24-2)10-6-14/h5-12,18H,4,13H2,1-3H3,(H,21,23)/t18-/m1/s1. The summed E-state index contributed by atoms with van der Waals surface area (Å²) in [5.74, 6) is 0.598. The molecule has 6 heteroatoms. The van der Waals surface area contributed by atoms with Crippen LogP contribution in [0.4, 0.5) is 5.69 Å². The van der Waals surface area contributed by atoms with Crippen LogP contribution < -0.4 is 14.8 Å². The molecule has 0 spiro atoms.